The van der Waals surface area contributed by atoms with Gasteiger partial charge in [0.2, 0.25) is 0 Å². The van der Waals surface area contributed by atoms with Crippen molar-refractivity contribution in [3.63, 3.8) is 0 Å². The quantitative estimate of drug-likeness (QED) is 0.871. The number of benzene rings is 1. The standard InChI is InChI=1S/C20H30N2O5/c1-19(2,3)27-17(23)21(4)14-20(25)11-8-12-22(15-20)18(24)26-13-16-9-6-5-7-10-16/h5-7,9-10,25H,8,11-15H2,1-4H3. The first kappa shape index (κ1) is 21.0. The van der Waals surface area contributed by atoms with E-state index in [4.69, 9.17) is 9.47 Å². The van der Waals surface area contributed by atoms with Gasteiger partial charge in [0.25, 0.3) is 0 Å². The molecule has 0 aromatic heterocycles. The van der Waals surface area contributed by atoms with Gasteiger partial charge in [0.05, 0.1) is 13.1 Å². The van der Waals surface area contributed by atoms with Crippen LogP contribution >= 0.6 is 0 Å². The first-order valence-corrected chi connectivity index (χ1v) is 9.20. The molecule has 0 spiro atoms. The van der Waals surface area contributed by atoms with Crippen molar-refractivity contribution in [1.82, 2.24) is 9.80 Å². The van der Waals surface area contributed by atoms with E-state index in [1.165, 1.54) is 9.80 Å². The zero-order chi connectivity index (χ0) is 20.1. The van der Waals surface area contributed by atoms with Crippen LogP contribution in [0.25, 0.3) is 0 Å². The van der Waals surface area contributed by atoms with Gasteiger partial charge in [-0.1, -0.05) is 30.3 Å². The molecule has 1 aliphatic rings. The summed E-state index contributed by atoms with van der Waals surface area (Å²) in [4.78, 5) is 27.3. The number of nitrogens with zero attached hydrogens (tertiary/aromatic N) is 2. The van der Waals surface area contributed by atoms with Crippen molar-refractivity contribution in [2.24, 2.45) is 0 Å². The topological polar surface area (TPSA) is 79.3 Å². The van der Waals surface area contributed by atoms with Gasteiger partial charge >= 0.3 is 12.2 Å². The number of hydrogen-bond acceptors (Lipinski definition) is 5. The molecule has 1 saturated heterocycles. The maximum Gasteiger partial charge on any atom is 0.410 e. The van der Waals surface area contributed by atoms with Crippen LogP contribution in [0.3, 0.4) is 0 Å². The Morgan fingerprint density at radius 3 is 2.56 bits per heavy atom. The molecule has 0 radical (unpaired) electrons. The molecular weight excluding hydrogens is 348 g/mol. The lowest BCUT2D eigenvalue weighted by molar-refractivity contribution is -0.0518. The minimum atomic E-state index is -1.18. The SMILES string of the molecule is CN(CC1(O)CCCN(C(=O)OCc2ccccc2)C1)C(=O)OC(C)(C)C. The molecule has 1 aromatic carbocycles. The summed E-state index contributed by atoms with van der Waals surface area (Å²) in [5.74, 6) is 0. The lowest BCUT2D eigenvalue weighted by Crippen LogP contribution is -2.56. The summed E-state index contributed by atoms with van der Waals surface area (Å²) in [5.41, 5.74) is -0.883. The highest BCUT2D eigenvalue weighted by Crippen LogP contribution is 2.23. The molecular formula is C20H30N2O5. The average molecular weight is 378 g/mol. The largest absolute Gasteiger partial charge is 0.445 e. The summed E-state index contributed by atoms with van der Waals surface area (Å²) in [6.07, 6.45) is 0.179. The number of amides is 2. The van der Waals surface area contributed by atoms with Crippen molar-refractivity contribution < 1.29 is 24.2 Å². The van der Waals surface area contributed by atoms with Crippen LogP contribution in [0.1, 0.15) is 39.2 Å². The molecule has 1 N–H and O–H groups in total. The minimum absolute atomic E-state index is 0.0877. The van der Waals surface area contributed by atoms with Crippen LogP contribution in [0.5, 0.6) is 0 Å². The van der Waals surface area contributed by atoms with E-state index in [1.54, 1.807) is 27.8 Å². The van der Waals surface area contributed by atoms with Gasteiger partial charge in [-0.05, 0) is 39.2 Å². The van der Waals surface area contributed by atoms with E-state index in [2.05, 4.69) is 0 Å². The van der Waals surface area contributed by atoms with Gasteiger partial charge < -0.3 is 24.4 Å². The molecule has 1 aromatic rings. The van der Waals surface area contributed by atoms with E-state index < -0.39 is 23.4 Å². The Morgan fingerprint density at radius 2 is 1.93 bits per heavy atom. The number of carbonyl (C=O) groups excluding carboxylic acids is 2. The van der Waals surface area contributed by atoms with Gasteiger partial charge in [-0.3, -0.25) is 0 Å². The molecule has 1 heterocycles. The highest BCUT2D eigenvalue weighted by Gasteiger charge is 2.38. The molecule has 1 atom stereocenters. The molecule has 2 rings (SSSR count). The normalized spacial score (nSPS) is 20.1. The number of likely N-dealkylation sites (N-methyl/N-ethyl adjacent to an activating group) is 1. The molecule has 1 aliphatic heterocycles. The maximum atomic E-state index is 12.4. The molecule has 0 aliphatic carbocycles. The van der Waals surface area contributed by atoms with Crippen LogP contribution in [0.4, 0.5) is 9.59 Å². The molecule has 1 fully saturated rings. The summed E-state index contributed by atoms with van der Waals surface area (Å²) < 4.78 is 10.7. The number of likely N-dealkylation sites (tertiary alicyclic amines) is 1. The van der Waals surface area contributed by atoms with Gasteiger partial charge in [0.1, 0.15) is 17.8 Å². The fourth-order valence-electron chi connectivity index (χ4n) is 3.05. The summed E-state index contributed by atoms with van der Waals surface area (Å²) in [6.45, 7) is 6.28. The minimum Gasteiger partial charge on any atom is -0.445 e. The maximum absolute atomic E-state index is 12.4. The zero-order valence-electron chi connectivity index (χ0n) is 16.6. The Labute approximate surface area is 160 Å². The van der Waals surface area contributed by atoms with Crippen LogP contribution in [0.15, 0.2) is 30.3 Å². The van der Waals surface area contributed by atoms with Gasteiger partial charge in [0.15, 0.2) is 0 Å². The predicted octanol–water partition coefficient (Wildman–Crippen LogP) is 3.02. The van der Waals surface area contributed by atoms with E-state index >= 15 is 0 Å². The summed E-state index contributed by atoms with van der Waals surface area (Å²) >= 11 is 0. The van der Waals surface area contributed by atoms with E-state index in [1.807, 2.05) is 30.3 Å². The van der Waals surface area contributed by atoms with Gasteiger partial charge in [-0.2, -0.15) is 0 Å². The van der Waals surface area contributed by atoms with E-state index in [0.29, 0.717) is 19.4 Å². The fraction of sp³-hybridized carbons (Fsp3) is 0.600. The van der Waals surface area contributed by atoms with Crippen LogP contribution in [-0.2, 0) is 16.1 Å². The second kappa shape index (κ2) is 8.61. The predicted molar refractivity (Wildman–Crippen MR) is 101 cm³/mol. The molecule has 27 heavy (non-hydrogen) atoms. The van der Waals surface area contributed by atoms with Crippen molar-refractivity contribution in [1.29, 1.82) is 0 Å². The van der Waals surface area contributed by atoms with Crippen molar-refractivity contribution in [2.45, 2.75) is 51.4 Å². The van der Waals surface area contributed by atoms with Crippen LogP contribution < -0.4 is 0 Å². The smallest absolute Gasteiger partial charge is 0.410 e. The molecule has 7 heteroatoms. The Kier molecular flexibility index (Phi) is 6.70. The van der Waals surface area contributed by atoms with Gasteiger partial charge in [-0.25, -0.2) is 9.59 Å². The highest BCUT2D eigenvalue weighted by atomic mass is 16.6. The van der Waals surface area contributed by atoms with Crippen LogP contribution in [-0.4, -0.2) is 65.0 Å². The molecule has 150 valence electrons. The van der Waals surface area contributed by atoms with Crippen molar-refractivity contribution >= 4 is 12.2 Å². The average Bonchev–Trinajstić information content (AvgIpc) is 2.58. The Balaban J connectivity index is 1.89. The number of carbonyl (C=O) groups is 2. The Morgan fingerprint density at radius 1 is 1.26 bits per heavy atom. The summed E-state index contributed by atoms with van der Waals surface area (Å²) in [5, 5.41) is 10.9. The molecule has 0 bridgehead atoms. The van der Waals surface area contributed by atoms with Crippen LogP contribution in [0, 0.1) is 0 Å². The second-order valence-electron chi connectivity index (χ2n) is 8.13. The highest BCUT2D eigenvalue weighted by molar-refractivity contribution is 5.69. The number of aliphatic hydroxyl groups is 1. The van der Waals surface area contributed by atoms with Crippen molar-refractivity contribution in [3.05, 3.63) is 35.9 Å². The Hall–Kier alpha value is -2.28. The van der Waals surface area contributed by atoms with E-state index in [-0.39, 0.29) is 19.7 Å². The summed E-state index contributed by atoms with van der Waals surface area (Å²) in [6, 6.07) is 9.44. The first-order valence-electron chi connectivity index (χ1n) is 9.20. The third-order valence-electron chi connectivity index (χ3n) is 4.26. The zero-order valence-corrected chi connectivity index (χ0v) is 16.6. The fourth-order valence-corrected chi connectivity index (χ4v) is 3.05. The molecule has 7 nitrogen and oxygen atoms in total. The monoisotopic (exact) mass is 378 g/mol. The number of piperidine rings is 1. The van der Waals surface area contributed by atoms with Crippen molar-refractivity contribution in [3.8, 4) is 0 Å². The van der Waals surface area contributed by atoms with E-state index in [0.717, 1.165) is 5.56 Å². The van der Waals surface area contributed by atoms with Gasteiger partial charge in [0, 0.05) is 13.6 Å². The Bertz CT molecular complexity index is 644. The molecule has 2 amide bonds. The number of hydrogen-bond donors (Lipinski definition) is 1. The lowest BCUT2D eigenvalue weighted by atomic mass is 9.92. The van der Waals surface area contributed by atoms with Gasteiger partial charge in [-0.15, -0.1) is 0 Å². The number of β-amino-alcohol motifs (C(OH)–C–C–N with tert-alkyl or cyclic N) is 1. The van der Waals surface area contributed by atoms with Crippen molar-refractivity contribution in [2.75, 3.05) is 26.7 Å². The number of ether oxygens (including phenoxy) is 2. The first-order chi connectivity index (χ1) is 12.6. The summed E-state index contributed by atoms with van der Waals surface area (Å²) in [7, 11) is 1.58. The van der Waals surface area contributed by atoms with E-state index in [9.17, 15) is 14.7 Å². The lowest BCUT2D eigenvalue weighted by Gasteiger charge is -2.40. The second-order valence-corrected chi connectivity index (χ2v) is 8.13. The third kappa shape index (κ3) is 6.75. The molecule has 0 saturated carbocycles. The van der Waals surface area contributed by atoms with Crippen LogP contribution in [0.2, 0.25) is 0 Å². The molecule has 1 unspecified atom stereocenters. The number of rotatable bonds is 4. The third-order valence-corrected chi connectivity index (χ3v) is 4.26.